The second-order valence-corrected chi connectivity index (χ2v) is 4.42. The zero-order valence-electron chi connectivity index (χ0n) is 10.6. The van der Waals surface area contributed by atoms with Gasteiger partial charge >= 0.3 is 5.97 Å². The van der Waals surface area contributed by atoms with E-state index >= 15 is 0 Å². The highest BCUT2D eigenvalue weighted by molar-refractivity contribution is 7.80. The first-order valence-electron chi connectivity index (χ1n) is 5.81. The highest BCUT2D eigenvalue weighted by Gasteiger charge is 2.17. The van der Waals surface area contributed by atoms with E-state index < -0.39 is 18.4 Å². The number of nitrogens with zero attached hydrogens (tertiary/aromatic N) is 3. The van der Waals surface area contributed by atoms with Gasteiger partial charge in [0.15, 0.2) is 0 Å². The normalized spacial score (nSPS) is 11.2. The summed E-state index contributed by atoms with van der Waals surface area (Å²) in [6, 6.07) is 6.81. The van der Waals surface area contributed by atoms with Crippen LogP contribution in [-0.2, 0) is 16.0 Å². The molecule has 106 valence electrons. The predicted octanol–water partition coefficient (Wildman–Crippen LogP) is 1.92. The largest absolute Gasteiger partial charge is 0.480 e. The van der Waals surface area contributed by atoms with Crippen LogP contribution in [0.2, 0.25) is 0 Å². The van der Waals surface area contributed by atoms with Crippen molar-refractivity contribution >= 4 is 30.2 Å². The van der Waals surface area contributed by atoms with Crippen LogP contribution < -0.4 is 5.32 Å². The van der Waals surface area contributed by atoms with E-state index in [-0.39, 0.29) is 5.91 Å². The van der Waals surface area contributed by atoms with Crippen LogP contribution in [0.1, 0.15) is 5.56 Å². The molecule has 0 spiro atoms. The predicted molar refractivity (Wildman–Crippen MR) is 76.9 cm³/mol. The van der Waals surface area contributed by atoms with Crippen LogP contribution in [0, 0.1) is 5.92 Å². The van der Waals surface area contributed by atoms with Crippen LogP contribution in [-0.4, -0.2) is 29.3 Å². The van der Waals surface area contributed by atoms with Gasteiger partial charge in [0.2, 0.25) is 5.91 Å². The highest BCUT2D eigenvalue weighted by Crippen LogP contribution is 2.16. The van der Waals surface area contributed by atoms with Crippen LogP contribution in [0.4, 0.5) is 5.69 Å². The maximum absolute atomic E-state index is 11.8. The smallest absolute Gasteiger partial charge is 0.322 e. The molecule has 0 bridgehead atoms. The van der Waals surface area contributed by atoms with Gasteiger partial charge in [0.1, 0.15) is 6.54 Å². The summed E-state index contributed by atoms with van der Waals surface area (Å²) in [6.07, 6.45) is 0.436. The van der Waals surface area contributed by atoms with E-state index in [1.54, 1.807) is 24.3 Å². The molecule has 0 fully saturated rings. The number of carboxylic acids is 1. The first kappa shape index (κ1) is 15.9. The number of rotatable bonds is 7. The lowest BCUT2D eigenvalue weighted by Crippen LogP contribution is -2.36. The quantitative estimate of drug-likeness (QED) is 0.309. The molecule has 0 saturated carbocycles. The monoisotopic (exact) mass is 294 g/mol. The minimum absolute atomic E-state index is 0.309. The van der Waals surface area contributed by atoms with Crippen LogP contribution >= 0.6 is 12.6 Å². The van der Waals surface area contributed by atoms with Gasteiger partial charge < -0.3 is 10.4 Å². The van der Waals surface area contributed by atoms with Crippen molar-refractivity contribution in [3.63, 3.8) is 0 Å². The fourth-order valence-corrected chi connectivity index (χ4v) is 1.88. The number of carbonyl (C=O) groups excluding carboxylic acids is 1. The number of azide groups is 1. The van der Waals surface area contributed by atoms with Gasteiger partial charge in [0.25, 0.3) is 0 Å². The molecule has 0 aliphatic heterocycles. The molecule has 2 N–H and O–H groups in total. The molecule has 1 atom stereocenters. The van der Waals surface area contributed by atoms with Crippen molar-refractivity contribution in [3.8, 4) is 0 Å². The Balaban J connectivity index is 2.65. The fourth-order valence-electron chi connectivity index (χ4n) is 1.58. The molecule has 1 unspecified atom stereocenters. The maximum Gasteiger partial charge on any atom is 0.322 e. The number of hydrogen-bond donors (Lipinski definition) is 3. The average molecular weight is 294 g/mol. The number of carboxylic acid groups (broad SMARTS) is 1. The fraction of sp³-hybridized carbons (Fsp3) is 0.333. The molecular formula is C12H14N4O3S. The second kappa shape index (κ2) is 8.08. The summed E-state index contributed by atoms with van der Waals surface area (Å²) in [4.78, 5) is 24.8. The zero-order valence-corrected chi connectivity index (χ0v) is 11.5. The van der Waals surface area contributed by atoms with Gasteiger partial charge in [0, 0.05) is 16.4 Å². The van der Waals surface area contributed by atoms with Gasteiger partial charge in [0.05, 0.1) is 5.92 Å². The standard InChI is InChI=1S/C12H14N4O3S/c13-16-15-10-3-1-8(2-4-10)5-9(7-20)12(19)14-6-11(17)18/h1-4,9,20H,5-7H2,(H,14,19)(H,17,18). The van der Waals surface area contributed by atoms with Crippen molar-refractivity contribution < 1.29 is 14.7 Å². The number of aliphatic carboxylic acids is 1. The lowest BCUT2D eigenvalue weighted by Gasteiger charge is -2.13. The van der Waals surface area contributed by atoms with Crippen molar-refractivity contribution in [1.82, 2.24) is 5.32 Å². The van der Waals surface area contributed by atoms with Gasteiger partial charge in [-0.05, 0) is 17.5 Å². The molecule has 1 amide bonds. The number of benzene rings is 1. The Morgan fingerprint density at radius 2 is 2.05 bits per heavy atom. The van der Waals surface area contributed by atoms with E-state index in [0.29, 0.717) is 17.9 Å². The van der Waals surface area contributed by atoms with Crippen molar-refractivity contribution in [3.05, 3.63) is 40.3 Å². The summed E-state index contributed by atoms with van der Waals surface area (Å²) in [6.45, 7) is -0.404. The molecule has 0 heterocycles. The third kappa shape index (κ3) is 5.21. The van der Waals surface area contributed by atoms with Crippen LogP contribution in [0.15, 0.2) is 29.4 Å². The number of nitrogens with one attached hydrogen (secondary N) is 1. The molecule has 8 heteroatoms. The zero-order chi connectivity index (χ0) is 15.0. The molecule has 0 aliphatic rings. The van der Waals surface area contributed by atoms with Crippen molar-refractivity contribution in [2.75, 3.05) is 12.3 Å². The van der Waals surface area contributed by atoms with Gasteiger partial charge in [-0.2, -0.15) is 12.6 Å². The molecule has 0 aromatic heterocycles. The van der Waals surface area contributed by atoms with Gasteiger partial charge in [-0.25, -0.2) is 0 Å². The van der Waals surface area contributed by atoms with Crippen LogP contribution in [0.5, 0.6) is 0 Å². The summed E-state index contributed by atoms with van der Waals surface area (Å²) in [5, 5.41) is 14.3. The van der Waals surface area contributed by atoms with E-state index in [1.807, 2.05) is 0 Å². The average Bonchev–Trinajstić information content (AvgIpc) is 2.44. The first-order chi connectivity index (χ1) is 9.56. The van der Waals surface area contributed by atoms with Crippen molar-refractivity contribution in [2.45, 2.75) is 6.42 Å². The van der Waals surface area contributed by atoms with Crippen LogP contribution in [0.25, 0.3) is 10.4 Å². The Morgan fingerprint density at radius 3 is 2.55 bits per heavy atom. The number of thiol groups is 1. The lowest BCUT2D eigenvalue weighted by atomic mass is 10.00. The lowest BCUT2D eigenvalue weighted by molar-refractivity contribution is -0.138. The molecule has 7 nitrogen and oxygen atoms in total. The van der Waals surface area contributed by atoms with E-state index in [1.165, 1.54) is 0 Å². The third-order valence-corrected chi connectivity index (χ3v) is 3.02. The number of hydrogen-bond acceptors (Lipinski definition) is 4. The van der Waals surface area contributed by atoms with Crippen molar-refractivity contribution in [2.24, 2.45) is 11.0 Å². The third-order valence-electron chi connectivity index (χ3n) is 2.58. The maximum atomic E-state index is 11.8. The summed E-state index contributed by atoms with van der Waals surface area (Å²) < 4.78 is 0. The Hall–Kier alpha value is -2.18. The molecular weight excluding hydrogens is 280 g/mol. The minimum Gasteiger partial charge on any atom is -0.480 e. The topological polar surface area (TPSA) is 115 Å². The molecule has 1 rings (SSSR count). The molecule has 1 aromatic carbocycles. The Bertz CT molecular complexity index is 526. The molecule has 0 radical (unpaired) electrons. The van der Waals surface area contributed by atoms with E-state index in [0.717, 1.165) is 5.56 Å². The van der Waals surface area contributed by atoms with Gasteiger partial charge in [-0.3, -0.25) is 9.59 Å². The summed E-state index contributed by atoms with van der Waals surface area (Å²) in [7, 11) is 0. The molecule has 20 heavy (non-hydrogen) atoms. The summed E-state index contributed by atoms with van der Waals surface area (Å²) in [5.41, 5.74) is 9.67. The van der Waals surface area contributed by atoms with E-state index in [2.05, 4.69) is 28.0 Å². The number of carbonyl (C=O) groups is 2. The molecule has 1 aromatic rings. The highest BCUT2D eigenvalue weighted by atomic mass is 32.1. The second-order valence-electron chi connectivity index (χ2n) is 4.05. The first-order valence-corrected chi connectivity index (χ1v) is 6.44. The minimum atomic E-state index is -1.09. The summed E-state index contributed by atoms with van der Waals surface area (Å²) in [5.74, 6) is -1.54. The van der Waals surface area contributed by atoms with Crippen molar-refractivity contribution in [1.29, 1.82) is 0 Å². The molecule has 0 saturated heterocycles. The Morgan fingerprint density at radius 1 is 1.40 bits per heavy atom. The SMILES string of the molecule is [N-]=[N+]=Nc1ccc(CC(CS)C(=O)NCC(=O)O)cc1. The van der Waals surface area contributed by atoms with Gasteiger partial charge in [-0.15, -0.1) is 0 Å². The number of amides is 1. The Labute approximate surface area is 121 Å². The van der Waals surface area contributed by atoms with Crippen LogP contribution in [0.3, 0.4) is 0 Å². The van der Waals surface area contributed by atoms with Gasteiger partial charge in [-0.1, -0.05) is 29.4 Å². The van der Waals surface area contributed by atoms with E-state index in [9.17, 15) is 9.59 Å². The van der Waals surface area contributed by atoms with E-state index in [4.69, 9.17) is 10.6 Å². The Kier molecular flexibility index (Phi) is 6.42. The molecule has 0 aliphatic carbocycles. The summed E-state index contributed by atoms with van der Waals surface area (Å²) >= 11 is 4.11.